The number of hydrogen-bond acceptors (Lipinski definition) is 8. The quantitative estimate of drug-likeness (QED) is 0.542. The minimum Gasteiger partial charge on any atom is -0.490 e. The molecule has 1 saturated heterocycles. The highest BCUT2D eigenvalue weighted by molar-refractivity contribution is 5.94. The second kappa shape index (κ2) is 9.87. The van der Waals surface area contributed by atoms with Crippen molar-refractivity contribution in [2.45, 2.75) is 45.7 Å². The molecule has 2 N–H and O–H groups in total. The van der Waals surface area contributed by atoms with Crippen molar-refractivity contribution in [1.29, 1.82) is 0 Å². The largest absolute Gasteiger partial charge is 0.490 e. The van der Waals surface area contributed by atoms with Gasteiger partial charge >= 0.3 is 11.8 Å². The Labute approximate surface area is 202 Å². The van der Waals surface area contributed by atoms with E-state index in [-0.39, 0.29) is 37.8 Å². The lowest BCUT2D eigenvalue weighted by atomic mass is 10.1. The average Bonchev–Trinajstić information content (AvgIpc) is 2.83. The van der Waals surface area contributed by atoms with Crippen LogP contribution < -0.4 is 15.3 Å². The molecule has 186 valence electrons. The number of carboxylic acid groups (broad SMARTS) is 1. The van der Waals surface area contributed by atoms with E-state index >= 15 is 0 Å². The number of hydrogen-bond donors (Lipinski definition) is 2. The molecule has 1 aliphatic rings. The highest BCUT2D eigenvalue weighted by Crippen LogP contribution is 2.35. The molecule has 11 heteroatoms. The van der Waals surface area contributed by atoms with E-state index in [4.69, 9.17) is 4.74 Å². The van der Waals surface area contributed by atoms with Crippen molar-refractivity contribution in [2.24, 2.45) is 0 Å². The predicted octanol–water partition coefficient (Wildman–Crippen LogP) is 2.25. The molecular formula is C24H30N6O5. The number of nitrogens with zero attached hydrogens (tertiary/aromatic N) is 6. The molecule has 4 rings (SSSR count). The number of rotatable bonds is 6. The van der Waals surface area contributed by atoms with Gasteiger partial charge in [0, 0.05) is 37.6 Å². The molecule has 2 atom stereocenters. The molecule has 1 fully saturated rings. The van der Waals surface area contributed by atoms with Gasteiger partial charge in [0.15, 0.2) is 5.65 Å². The number of aromatic nitrogens is 4. The van der Waals surface area contributed by atoms with Gasteiger partial charge in [-0.05, 0) is 38.0 Å². The molecule has 0 saturated carbocycles. The monoisotopic (exact) mass is 482 g/mol. The first kappa shape index (κ1) is 24.4. The minimum absolute atomic E-state index is 0.0478. The molecule has 4 heterocycles. The van der Waals surface area contributed by atoms with Gasteiger partial charge in [0.2, 0.25) is 0 Å². The maximum atomic E-state index is 13.5. The van der Waals surface area contributed by atoms with Gasteiger partial charge in [-0.1, -0.05) is 13.8 Å². The van der Waals surface area contributed by atoms with Gasteiger partial charge in [-0.2, -0.15) is 4.98 Å². The number of pyridine rings is 2. The molecule has 0 bridgehead atoms. The van der Waals surface area contributed by atoms with Crippen LogP contribution in [0.2, 0.25) is 0 Å². The fourth-order valence-corrected chi connectivity index (χ4v) is 4.53. The molecule has 0 radical (unpaired) electrons. The summed E-state index contributed by atoms with van der Waals surface area (Å²) < 4.78 is 7.28. The standard InChI is InChI=1S/C24H30N6O5/c1-14(2)20-17(6-5-8-25-20)30-21-19(18(7-9-26-21)35-11-10-31)22(27-23(30)32)28-12-16(4)29(24(33)34)13-15(28)3/h5-9,14-16,31H,10-13H2,1-4H3,(H,33,34). The van der Waals surface area contributed by atoms with Crippen LogP contribution in [0.5, 0.6) is 5.75 Å². The van der Waals surface area contributed by atoms with Crippen LogP contribution in [0.4, 0.5) is 10.6 Å². The average molecular weight is 483 g/mol. The zero-order chi connectivity index (χ0) is 25.3. The van der Waals surface area contributed by atoms with Crippen LogP contribution in [0.25, 0.3) is 16.7 Å². The summed E-state index contributed by atoms with van der Waals surface area (Å²) in [6, 6.07) is 4.68. The molecule has 0 spiro atoms. The summed E-state index contributed by atoms with van der Waals surface area (Å²) in [5.41, 5.74) is 1.15. The van der Waals surface area contributed by atoms with Crippen molar-refractivity contribution in [2.75, 3.05) is 31.2 Å². The Balaban J connectivity index is 1.98. The zero-order valence-corrected chi connectivity index (χ0v) is 20.2. The first-order valence-corrected chi connectivity index (χ1v) is 11.6. The summed E-state index contributed by atoms with van der Waals surface area (Å²) in [6.07, 6.45) is 2.25. The van der Waals surface area contributed by atoms with Gasteiger partial charge in [-0.15, -0.1) is 0 Å². The van der Waals surface area contributed by atoms with Crippen LogP contribution in [-0.4, -0.2) is 79.1 Å². The number of aliphatic hydroxyl groups excluding tert-OH is 1. The maximum absolute atomic E-state index is 13.5. The van der Waals surface area contributed by atoms with Crippen LogP contribution in [0.15, 0.2) is 35.4 Å². The lowest BCUT2D eigenvalue weighted by Gasteiger charge is -2.43. The first-order valence-electron chi connectivity index (χ1n) is 11.6. The molecule has 0 aliphatic carbocycles. The number of ether oxygens (including phenoxy) is 1. The number of amides is 1. The number of carbonyl (C=O) groups is 1. The fourth-order valence-electron chi connectivity index (χ4n) is 4.53. The van der Waals surface area contributed by atoms with Crippen molar-refractivity contribution in [1.82, 2.24) is 24.4 Å². The summed E-state index contributed by atoms with van der Waals surface area (Å²) >= 11 is 0. The Hall–Kier alpha value is -3.73. The van der Waals surface area contributed by atoms with E-state index in [2.05, 4.69) is 15.0 Å². The Morgan fingerprint density at radius 3 is 2.63 bits per heavy atom. The van der Waals surface area contributed by atoms with Crippen LogP contribution in [0, 0.1) is 0 Å². The highest BCUT2D eigenvalue weighted by Gasteiger charge is 2.35. The third-order valence-electron chi connectivity index (χ3n) is 6.18. The molecule has 1 aliphatic heterocycles. The van der Waals surface area contributed by atoms with Crippen molar-refractivity contribution in [3.63, 3.8) is 0 Å². The zero-order valence-electron chi connectivity index (χ0n) is 20.2. The molecule has 3 aromatic heterocycles. The topological polar surface area (TPSA) is 134 Å². The summed E-state index contributed by atoms with van der Waals surface area (Å²) in [5.74, 6) is 0.851. The first-order chi connectivity index (χ1) is 16.7. The van der Waals surface area contributed by atoms with Crippen LogP contribution >= 0.6 is 0 Å². The van der Waals surface area contributed by atoms with E-state index in [1.54, 1.807) is 24.5 Å². The third-order valence-corrected chi connectivity index (χ3v) is 6.18. The number of fused-ring (bicyclic) bond motifs is 1. The SMILES string of the molecule is CC(C)c1ncccc1-n1c(=O)nc(N2CC(C)N(C(=O)O)CC2C)c2c(OCCO)ccnc21. The molecular weight excluding hydrogens is 452 g/mol. The second-order valence-corrected chi connectivity index (χ2v) is 8.98. The van der Waals surface area contributed by atoms with Gasteiger partial charge in [0.05, 0.1) is 18.0 Å². The summed E-state index contributed by atoms with van der Waals surface area (Å²) in [6.45, 7) is 8.18. The van der Waals surface area contributed by atoms with E-state index < -0.39 is 11.8 Å². The highest BCUT2D eigenvalue weighted by atomic mass is 16.5. The smallest absolute Gasteiger partial charge is 0.407 e. The van der Waals surface area contributed by atoms with E-state index in [9.17, 15) is 19.8 Å². The third kappa shape index (κ3) is 4.51. The predicted molar refractivity (Wildman–Crippen MR) is 131 cm³/mol. The van der Waals surface area contributed by atoms with Crippen LogP contribution in [0.1, 0.15) is 39.3 Å². The fraction of sp³-hybridized carbons (Fsp3) is 0.458. The molecule has 3 aromatic rings. The Morgan fingerprint density at radius 1 is 1.17 bits per heavy atom. The summed E-state index contributed by atoms with van der Waals surface area (Å²) in [5, 5.41) is 19.4. The van der Waals surface area contributed by atoms with Gasteiger partial charge in [-0.3, -0.25) is 4.98 Å². The lowest BCUT2D eigenvalue weighted by molar-refractivity contribution is 0.114. The number of aliphatic hydroxyl groups is 1. The normalized spacial score (nSPS) is 18.3. The van der Waals surface area contributed by atoms with E-state index in [1.165, 1.54) is 9.47 Å². The Morgan fingerprint density at radius 2 is 1.94 bits per heavy atom. The lowest BCUT2D eigenvalue weighted by Crippen LogP contribution is -2.58. The van der Waals surface area contributed by atoms with Crippen molar-refractivity contribution < 1.29 is 19.7 Å². The molecule has 11 nitrogen and oxygen atoms in total. The second-order valence-electron chi connectivity index (χ2n) is 8.98. The van der Waals surface area contributed by atoms with Gasteiger partial charge < -0.3 is 24.7 Å². The van der Waals surface area contributed by atoms with Gasteiger partial charge in [0.25, 0.3) is 0 Å². The summed E-state index contributed by atoms with van der Waals surface area (Å²) in [7, 11) is 0. The maximum Gasteiger partial charge on any atom is 0.407 e. The van der Waals surface area contributed by atoms with E-state index in [0.29, 0.717) is 34.8 Å². The van der Waals surface area contributed by atoms with Crippen LogP contribution in [-0.2, 0) is 0 Å². The van der Waals surface area contributed by atoms with Gasteiger partial charge in [0.1, 0.15) is 23.6 Å². The minimum atomic E-state index is -0.983. The molecule has 1 amide bonds. The molecule has 2 unspecified atom stereocenters. The van der Waals surface area contributed by atoms with E-state index in [1.807, 2.05) is 38.7 Å². The Bertz CT molecular complexity index is 1290. The number of anilines is 1. The van der Waals surface area contributed by atoms with Crippen molar-refractivity contribution in [3.05, 3.63) is 46.8 Å². The van der Waals surface area contributed by atoms with Crippen molar-refractivity contribution in [3.8, 4) is 11.4 Å². The molecule has 0 aromatic carbocycles. The Kier molecular flexibility index (Phi) is 6.88. The summed E-state index contributed by atoms with van der Waals surface area (Å²) in [4.78, 5) is 42.0. The van der Waals surface area contributed by atoms with Crippen LogP contribution in [0.3, 0.4) is 0 Å². The number of piperazine rings is 1. The van der Waals surface area contributed by atoms with Crippen molar-refractivity contribution >= 4 is 22.9 Å². The van der Waals surface area contributed by atoms with Gasteiger partial charge in [-0.25, -0.2) is 19.1 Å². The van der Waals surface area contributed by atoms with E-state index in [0.717, 1.165) is 5.69 Å². The molecule has 35 heavy (non-hydrogen) atoms.